The van der Waals surface area contributed by atoms with Crippen molar-refractivity contribution in [2.45, 2.75) is 32.4 Å². The van der Waals surface area contributed by atoms with Crippen molar-refractivity contribution >= 4 is 40.6 Å². The second kappa shape index (κ2) is 10.1. The lowest BCUT2D eigenvalue weighted by atomic mass is 10.0. The SMILES string of the molecule is COC(=O)c1ccc(CSC2=N/C(=C/c3ccc(C(C)C)cc3)C(=O)N2c2ccc(C)cc2)o1. The van der Waals surface area contributed by atoms with Gasteiger partial charge in [-0.15, -0.1) is 0 Å². The molecule has 3 aromatic rings. The van der Waals surface area contributed by atoms with Crippen LogP contribution in [0.25, 0.3) is 6.08 Å². The zero-order chi connectivity index (χ0) is 24.2. The molecule has 0 N–H and O–H groups in total. The largest absolute Gasteiger partial charge is 0.463 e. The zero-order valence-corrected chi connectivity index (χ0v) is 20.4. The van der Waals surface area contributed by atoms with Crippen molar-refractivity contribution < 1.29 is 18.7 Å². The predicted molar refractivity (Wildman–Crippen MR) is 136 cm³/mol. The van der Waals surface area contributed by atoms with Crippen LogP contribution in [0.2, 0.25) is 0 Å². The number of aliphatic imine (C=N–C) groups is 1. The third-order valence-corrected chi connectivity index (χ3v) is 6.38. The minimum absolute atomic E-state index is 0.142. The predicted octanol–water partition coefficient (Wildman–Crippen LogP) is 6.18. The molecule has 34 heavy (non-hydrogen) atoms. The molecular formula is C27H26N2O4S. The summed E-state index contributed by atoms with van der Waals surface area (Å²) in [6.07, 6.45) is 1.81. The number of hydrogen-bond acceptors (Lipinski definition) is 6. The molecule has 0 saturated heterocycles. The summed E-state index contributed by atoms with van der Waals surface area (Å²) in [7, 11) is 1.31. The van der Waals surface area contributed by atoms with Crippen LogP contribution < -0.4 is 4.90 Å². The molecule has 4 rings (SSSR count). The van der Waals surface area contributed by atoms with Gasteiger partial charge in [-0.25, -0.2) is 9.79 Å². The Morgan fingerprint density at radius 3 is 2.44 bits per heavy atom. The maximum Gasteiger partial charge on any atom is 0.373 e. The van der Waals surface area contributed by atoms with Crippen molar-refractivity contribution in [1.29, 1.82) is 0 Å². The molecule has 0 radical (unpaired) electrons. The third kappa shape index (κ3) is 5.15. The number of esters is 1. The van der Waals surface area contributed by atoms with Gasteiger partial charge < -0.3 is 9.15 Å². The number of furan rings is 1. The minimum atomic E-state index is -0.528. The van der Waals surface area contributed by atoms with Crippen LogP contribution in [0.15, 0.2) is 75.8 Å². The van der Waals surface area contributed by atoms with E-state index in [-0.39, 0.29) is 11.7 Å². The summed E-state index contributed by atoms with van der Waals surface area (Å²) >= 11 is 1.37. The van der Waals surface area contributed by atoms with E-state index in [2.05, 4.69) is 31.0 Å². The van der Waals surface area contributed by atoms with Crippen LogP contribution in [0.3, 0.4) is 0 Å². The Balaban J connectivity index is 1.61. The molecule has 2 aromatic carbocycles. The summed E-state index contributed by atoms with van der Waals surface area (Å²) in [5.74, 6) is 0.860. The quantitative estimate of drug-likeness (QED) is 0.315. The maximum atomic E-state index is 13.4. The number of hydrogen-bond donors (Lipinski definition) is 0. The van der Waals surface area contributed by atoms with Crippen LogP contribution >= 0.6 is 11.8 Å². The number of aryl methyl sites for hydroxylation is 1. The topological polar surface area (TPSA) is 72.1 Å². The molecule has 0 unspecified atom stereocenters. The fourth-order valence-electron chi connectivity index (χ4n) is 3.45. The summed E-state index contributed by atoms with van der Waals surface area (Å²) in [5, 5.41) is 0.551. The summed E-state index contributed by atoms with van der Waals surface area (Å²) in [4.78, 5) is 31.3. The van der Waals surface area contributed by atoms with Crippen LogP contribution in [0.1, 0.15) is 52.8 Å². The Hall–Kier alpha value is -3.58. The number of methoxy groups -OCH3 is 1. The van der Waals surface area contributed by atoms with Gasteiger partial charge in [0.05, 0.1) is 18.6 Å². The average Bonchev–Trinajstić information content (AvgIpc) is 3.43. The van der Waals surface area contributed by atoms with Crippen LogP contribution in [0.4, 0.5) is 5.69 Å². The highest BCUT2D eigenvalue weighted by Gasteiger charge is 2.32. The van der Waals surface area contributed by atoms with Crippen LogP contribution in [-0.4, -0.2) is 24.2 Å². The molecule has 1 aromatic heterocycles. The van der Waals surface area contributed by atoms with E-state index in [1.165, 1.54) is 24.4 Å². The van der Waals surface area contributed by atoms with E-state index in [0.29, 0.717) is 28.3 Å². The lowest BCUT2D eigenvalue weighted by Gasteiger charge is -2.17. The molecule has 174 valence electrons. The van der Waals surface area contributed by atoms with Gasteiger partial charge >= 0.3 is 5.97 Å². The molecule has 1 aliphatic rings. The number of carbonyl (C=O) groups is 2. The highest BCUT2D eigenvalue weighted by Crippen LogP contribution is 2.31. The molecule has 1 amide bonds. The minimum Gasteiger partial charge on any atom is -0.463 e. The van der Waals surface area contributed by atoms with Crippen molar-refractivity contribution in [3.8, 4) is 0 Å². The van der Waals surface area contributed by atoms with Gasteiger partial charge in [0.1, 0.15) is 11.5 Å². The Bertz CT molecular complexity index is 1250. The maximum absolute atomic E-state index is 13.4. The first-order valence-corrected chi connectivity index (χ1v) is 12.0. The summed E-state index contributed by atoms with van der Waals surface area (Å²) in [5.41, 5.74) is 4.38. The number of rotatable bonds is 6. The summed E-state index contributed by atoms with van der Waals surface area (Å²) in [6.45, 7) is 6.30. The van der Waals surface area contributed by atoms with Crippen molar-refractivity contribution in [1.82, 2.24) is 0 Å². The van der Waals surface area contributed by atoms with Crippen LogP contribution in [-0.2, 0) is 15.3 Å². The Morgan fingerprint density at radius 1 is 1.09 bits per heavy atom. The Labute approximate surface area is 203 Å². The van der Waals surface area contributed by atoms with Gasteiger partial charge in [-0.3, -0.25) is 9.69 Å². The van der Waals surface area contributed by atoms with E-state index < -0.39 is 5.97 Å². The van der Waals surface area contributed by atoms with Gasteiger partial charge in [-0.05, 0) is 54.3 Å². The molecule has 0 aliphatic carbocycles. The van der Waals surface area contributed by atoms with Gasteiger partial charge in [0, 0.05) is 0 Å². The molecule has 0 fully saturated rings. The lowest BCUT2D eigenvalue weighted by Crippen LogP contribution is -2.30. The molecule has 2 heterocycles. The highest BCUT2D eigenvalue weighted by molar-refractivity contribution is 8.13. The van der Waals surface area contributed by atoms with Crippen molar-refractivity contribution in [2.24, 2.45) is 4.99 Å². The van der Waals surface area contributed by atoms with E-state index in [4.69, 9.17) is 9.15 Å². The van der Waals surface area contributed by atoms with E-state index in [9.17, 15) is 9.59 Å². The zero-order valence-electron chi connectivity index (χ0n) is 19.6. The summed E-state index contributed by atoms with van der Waals surface area (Å²) in [6, 6.07) is 19.2. The molecule has 7 heteroatoms. The monoisotopic (exact) mass is 474 g/mol. The number of carbonyl (C=O) groups excluding carboxylic acids is 2. The second-order valence-electron chi connectivity index (χ2n) is 8.27. The van der Waals surface area contributed by atoms with Crippen LogP contribution in [0, 0.1) is 6.92 Å². The molecule has 0 spiro atoms. The van der Waals surface area contributed by atoms with Crippen molar-refractivity contribution in [3.05, 3.63) is 94.6 Å². The number of benzene rings is 2. The number of anilines is 1. The molecule has 0 atom stereocenters. The molecular weight excluding hydrogens is 448 g/mol. The number of amidine groups is 1. The molecule has 0 saturated carbocycles. The van der Waals surface area contributed by atoms with Gasteiger partial charge in [-0.1, -0.05) is 67.6 Å². The number of amides is 1. The first-order valence-electron chi connectivity index (χ1n) is 11.0. The van der Waals surface area contributed by atoms with E-state index in [0.717, 1.165) is 16.8 Å². The van der Waals surface area contributed by atoms with E-state index >= 15 is 0 Å². The molecule has 6 nitrogen and oxygen atoms in total. The van der Waals surface area contributed by atoms with E-state index in [1.807, 2.05) is 49.4 Å². The fourth-order valence-corrected chi connectivity index (χ4v) is 4.36. The average molecular weight is 475 g/mol. The van der Waals surface area contributed by atoms with Crippen molar-refractivity contribution in [2.75, 3.05) is 12.0 Å². The molecule has 1 aliphatic heterocycles. The number of thioether (sulfide) groups is 1. The van der Waals surface area contributed by atoms with Gasteiger partial charge in [0.25, 0.3) is 5.91 Å². The van der Waals surface area contributed by atoms with E-state index in [1.54, 1.807) is 17.0 Å². The Kier molecular flexibility index (Phi) is 7.03. The smallest absolute Gasteiger partial charge is 0.373 e. The Morgan fingerprint density at radius 2 is 1.79 bits per heavy atom. The number of nitrogens with zero attached hydrogens (tertiary/aromatic N) is 2. The van der Waals surface area contributed by atoms with Gasteiger partial charge in [0.15, 0.2) is 5.17 Å². The first-order chi connectivity index (χ1) is 16.4. The fraction of sp³-hybridized carbons (Fsp3) is 0.222. The molecule has 0 bridgehead atoms. The standard InChI is InChI=1S/C27H26N2O4S/c1-17(2)20-9-7-19(8-10-20)15-23-25(30)29(21-11-5-18(3)6-12-21)27(28-23)34-16-22-13-14-24(33-22)26(31)32-4/h5-15,17H,16H2,1-4H3/b23-15+. The third-order valence-electron chi connectivity index (χ3n) is 5.42. The van der Waals surface area contributed by atoms with Gasteiger partial charge in [0.2, 0.25) is 5.76 Å². The lowest BCUT2D eigenvalue weighted by molar-refractivity contribution is -0.113. The second-order valence-corrected chi connectivity index (χ2v) is 9.21. The normalized spacial score (nSPS) is 14.7. The number of ether oxygens (including phenoxy) is 1. The first kappa shape index (κ1) is 23.6. The summed E-state index contributed by atoms with van der Waals surface area (Å²) < 4.78 is 10.3. The van der Waals surface area contributed by atoms with Gasteiger partial charge in [-0.2, -0.15) is 0 Å². The van der Waals surface area contributed by atoms with Crippen LogP contribution in [0.5, 0.6) is 0 Å². The van der Waals surface area contributed by atoms with Crippen molar-refractivity contribution in [3.63, 3.8) is 0 Å². The highest BCUT2D eigenvalue weighted by atomic mass is 32.2.